The third-order valence-electron chi connectivity index (χ3n) is 2.68. The van der Waals surface area contributed by atoms with Crippen molar-refractivity contribution in [2.45, 2.75) is 54.0 Å². The fourth-order valence-corrected chi connectivity index (χ4v) is 1.63. The highest BCUT2D eigenvalue weighted by atomic mass is 16.5. The van der Waals surface area contributed by atoms with Crippen molar-refractivity contribution in [2.75, 3.05) is 24.3 Å². The van der Waals surface area contributed by atoms with Crippen LogP contribution in [0.3, 0.4) is 0 Å². The lowest BCUT2D eigenvalue weighted by molar-refractivity contribution is 0.195. The first-order valence-corrected chi connectivity index (χ1v) is 7.12. The molecule has 0 amide bonds. The molecule has 0 bridgehead atoms. The van der Waals surface area contributed by atoms with E-state index in [9.17, 15) is 0 Å². The van der Waals surface area contributed by atoms with E-state index in [0.29, 0.717) is 12.0 Å². The summed E-state index contributed by atoms with van der Waals surface area (Å²) in [7, 11) is 0. The summed E-state index contributed by atoms with van der Waals surface area (Å²) in [6.07, 6.45) is 1.02. The molecule has 1 aliphatic heterocycles. The van der Waals surface area contributed by atoms with Crippen LogP contribution in [0.25, 0.3) is 0 Å². The van der Waals surface area contributed by atoms with Crippen LogP contribution in [-0.2, 0) is 4.74 Å². The van der Waals surface area contributed by atoms with Gasteiger partial charge in [-0.05, 0) is 20.3 Å². The van der Waals surface area contributed by atoms with Crippen LogP contribution in [0.1, 0.15) is 45.4 Å². The Bertz CT molecular complexity index is 363. The van der Waals surface area contributed by atoms with Crippen LogP contribution in [0, 0.1) is 13.8 Å². The van der Waals surface area contributed by atoms with Crippen molar-refractivity contribution in [3.63, 3.8) is 0 Å². The lowest BCUT2D eigenvalue weighted by Crippen LogP contribution is -2.21. The Kier molecular flexibility index (Phi) is 8.87. The summed E-state index contributed by atoms with van der Waals surface area (Å²) in [6, 6.07) is 0.345. The van der Waals surface area contributed by atoms with E-state index in [1.165, 1.54) is 0 Å². The summed E-state index contributed by atoms with van der Waals surface area (Å²) in [5.41, 5.74) is 7.58. The Balaban J connectivity index is 0.000000741. The molecule has 19 heavy (non-hydrogen) atoms. The largest absolute Gasteiger partial charge is 0.379 e. The maximum absolute atomic E-state index is 5.61. The number of nitrogen functional groups attached to an aromatic ring is 1. The molecule has 2 heterocycles. The van der Waals surface area contributed by atoms with Gasteiger partial charge in [-0.1, -0.05) is 27.7 Å². The summed E-state index contributed by atoms with van der Waals surface area (Å²) in [5.74, 6) is 1.15. The van der Waals surface area contributed by atoms with E-state index in [4.69, 9.17) is 10.5 Å². The minimum absolute atomic E-state index is 0.319. The molecule has 1 atom stereocenters. The Morgan fingerprint density at radius 2 is 1.79 bits per heavy atom. The second-order valence-corrected chi connectivity index (χ2v) is 3.85. The molecule has 1 fully saturated rings. The minimum atomic E-state index is 0.319. The highest BCUT2D eigenvalue weighted by Crippen LogP contribution is 2.18. The molecule has 1 saturated heterocycles. The molecular formula is C14H28N4O. The number of aryl methyl sites for hydroxylation is 1. The number of hydrogen-bond acceptors (Lipinski definition) is 5. The third-order valence-corrected chi connectivity index (χ3v) is 2.68. The van der Waals surface area contributed by atoms with Gasteiger partial charge in [0.05, 0.1) is 12.6 Å². The number of aromatic nitrogens is 2. The Hall–Kier alpha value is -1.36. The first kappa shape index (κ1) is 17.6. The average molecular weight is 268 g/mol. The van der Waals surface area contributed by atoms with E-state index < -0.39 is 0 Å². The minimum Gasteiger partial charge on any atom is -0.379 e. The van der Waals surface area contributed by atoms with Gasteiger partial charge in [0.25, 0.3) is 0 Å². The zero-order valence-corrected chi connectivity index (χ0v) is 13.1. The van der Waals surface area contributed by atoms with E-state index in [1.807, 2.05) is 41.5 Å². The van der Waals surface area contributed by atoms with Crippen LogP contribution in [-0.4, -0.2) is 29.2 Å². The molecule has 110 valence electrons. The molecule has 0 aliphatic carbocycles. The van der Waals surface area contributed by atoms with Crippen molar-refractivity contribution >= 4 is 11.8 Å². The number of hydrogen-bond donors (Lipinski definition) is 2. The Morgan fingerprint density at radius 3 is 2.32 bits per heavy atom. The number of ether oxygens (including phenoxy) is 1. The van der Waals surface area contributed by atoms with E-state index >= 15 is 0 Å². The quantitative estimate of drug-likeness (QED) is 0.862. The summed E-state index contributed by atoms with van der Waals surface area (Å²) < 4.78 is 5.29. The predicted molar refractivity (Wildman–Crippen MR) is 81.5 cm³/mol. The fourth-order valence-electron chi connectivity index (χ4n) is 1.63. The van der Waals surface area contributed by atoms with Gasteiger partial charge in [0.1, 0.15) is 5.82 Å². The van der Waals surface area contributed by atoms with Gasteiger partial charge in [-0.25, -0.2) is 4.98 Å². The highest BCUT2D eigenvalue weighted by molar-refractivity contribution is 5.49. The first-order valence-electron chi connectivity index (χ1n) is 7.12. The fraction of sp³-hybridized carbons (Fsp3) is 0.714. The second-order valence-electron chi connectivity index (χ2n) is 3.85. The molecule has 0 aromatic carbocycles. The Morgan fingerprint density at radius 1 is 1.16 bits per heavy atom. The van der Waals surface area contributed by atoms with Crippen molar-refractivity contribution in [3.05, 3.63) is 11.3 Å². The Labute approximate surface area is 117 Å². The van der Waals surface area contributed by atoms with Crippen LogP contribution >= 0.6 is 0 Å². The number of anilines is 2. The van der Waals surface area contributed by atoms with Crippen molar-refractivity contribution < 1.29 is 4.74 Å². The molecule has 0 spiro atoms. The molecule has 3 N–H and O–H groups in total. The van der Waals surface area contributed by atoms with Crippen LogP contribution in [0.15, 0.2) is 0 Å². The van der Waals surface area contributed by atoms with Crippen molar-refractivity contribution in [1.29, 1.82) is 0 Å². The summed E-state index contributed by atoms with van der Waals surface area (Å²) in [6.45, 7) is 13.5. The third kappa shape index (κ3) is 5.42. The van der Waals surface area contributed by atoms with Crippen LogP contribution in [0.5, 0.6) is 0 Å². The second kappa shape index (κ2) is 9.55. The molecule has 1 aromatic rings. The van der Waals surface area contributed by atoms with E-state index in [1.54, 1.807) is 0 Å². The standard InChI is InChI=1S/C10H16N4O.2C2H6/c1-6-7(2)12-10(11)14-9(6)13-8-3-4-15-5-8;2*1-2/h8H,3-5H2,1-2H3,(H3,11,12,13,14);2*1-2H3. The first-order chi connectivity index (χ1) is 9.16. The van der Waals surface area contributed by atoms with Gasteiger partial charge in [0.15, 0.2) is 0 Å². The van der Waals surface area contributed by atoms with Crippen LogP contribution < -0.4 is 11.1 Å². The van der Waals surface area contributed by atoms with Crippen LogP contribution in [0.2, 0.25) is 0 Å². The zero-order valence-electron chi connectivity index (χ0n) is 13.1. The van der Waals surface area contributed by atoms with Crippen LogP contribution in [0.4, 0.5) is 11.8 Å². The van der Waals surface area contributed by atoms with Gasteiger partial charge in [-0.3, -0.25) is 0 Å². The molecule has 5 heteroatoms. The maximum Gasteiger partial charge on any atom is 0.222 e. The number of nitrogens with two attached hydrogens (primary N) is 1. The normalized spacial score (nSPS) is 16.8. The van der Waals surface area contributed by atoms with E-state index in [0.717, 1.165) is 36.7 Å². The average Bonchev–Trinajstić information content (AvgIpc) is 2.93. The molecule has 1 aliphatic rings. The summed E-state index contributed by atoms with van der Waals surface area (Å²) >= 11 is 0. The lowest BCUT2D eigenvalue weighted by atomic mass is 10.2. The van der Waals surface area contributed by atoms with Gasteiger partial charge in [-0.2, -0.15) is 4.98 Å². The monoisotopic (exact) mass is 268 g/mol. The molecule has 1 aromatic heterocycles. The molecule has 0 saturated carbocycles. The number of rotatable bonds is 2. The highest BCUT2D eigenvalue weighted by Gasteiger charge is 2.17. The van der Waals surface area contributed by atoms with Crippen molar-refractivity contribution in [2.24, 2.45) is 0 Å². The molecule has 5 nitrogen and oxygen atoms in total. The number of nitrogens with one attached hydrogen (secondary N) is 1. The number of nitrogens with zero attached hydrogens (tertiary/aromatic N) is 2. The summed E-state index contributed by atoms with van der Waals surface area (Å²) in [5, 5.41) is 3.33. The van der Waals surface area contributed by atoms with Gasteiger partial charge < -0.3 is 15.8 Å². The predicted octanol–water partition coefficient (Wildman–Crippen LogP) is 2.93. The lowest BCUT2D eigenvalue weighted by Gasteiger charge is -2.14. The van der Waals surface area contributed by atoms with Gasteiger partial charge in [0, 0.05) is 17.9 Å². The van der Waals surface area contributed by atoms with E-state index in [-0.39, 0.29) is 0 Å². The molecular weight excluding hydrogens is 240 g/mol. The van der Waals surface area contributed by atoms with Gasteiger partial charge >= 0.3 is 0 Å². The maximum atomic E-state index is 5.61. The molecule has 1 unspecified atom stereocenters. The molecule has 2 rings (SSSR count). The topological polar surface area (TPSA) is 73.1 Å². The summed E-state index contributed by atoms with van der Waals surface area (Å²) in [4.78, 5) is 8.30. The molecule has 0 radical (unpaired) electrons. The van der Waals surface area contributed by atoms with Gasteiger partial charge in [0.2, 0.25) is 5.95 Å². The smallest absolute Gasteiger partial charge is 0.222 e. The van der Waals surface area contributed by atoms with Crippen molar-refractivity contribution in [3.8, 4) is 0 Å². The van der Waals surface area contributed by atoms with Gasteiger partial charge in [-0.15, -0.1) is 0 Å². The van der Waals surface area contributed by atoms with Crippen molar-refractivity contribution in [1.82, 2.24) is 9.97 Å². The van der Waals surface area contributed by atoms with E-state index in [2.05, 4.69) is 15.3 Å². The zero-order chi connectivity index (χ0) is 14.8. The SMILES string of the molecule is CC.CC.Cc1nc(N)nc(NC2CCOC2)c1C.